The van der Waals surface area contributed by atoms with E-state index in [1.807, 2.05) is 0 Å². The van der Waals surface area contributed by atoms with E-state index in [-0.39, 0.29) is 10.7 Å². The van der Waals surface area contributed by atoms with Crippen LogP contribution in [-0.4, -0.2) is 21.9 Å². The molecule has 1 fully saturated rings. The van der Waals surface area contributed by atoms with Crippen molar-refractivity contribution in [2.75, 3.05) is 4.90 Å². The van der Waals surface area contributed by atoms with E-state index >= 15 is 0 Å². The fourth-order valence-corrected chi connectivity index (χ4v) is 2.52. The average Bonchev–Trinajstić information content (AvgIpc) is 2.54. The van der Waals surface area contributed by atoms with E-state index in [9.17, 15) is 9.59 Å². The Morgan fingerprint density at radius 1 is 1.09 bits per heavy atom. The maximum Gasteiger partial charge on any atom is 0.270 e. The van der Waals surface area contributed by atoms with Gasteiger partial charge in [-0.15, -0.1) is 0 Å². The van der Waals surface area contributed by atoms with Crippen molar-refractivity contribution in [2.45, 2.75) is 0 Å². The van der Waals surface area contributed by atoms with Gasteiger partial charge in [0.15, 0.2) is 5.11 Å². The monoisotopic (exact) mass is 343 g/mol. The highest BCUT2D eigenvalue weighted by atomic mass is 35.5. The molecule has 2 amide bonds. The van der Waals surface area contributed by atoms with Crippen molar-refractivity contribution in [1.82, 2.24) is 10.3 Å². The Labute approximate surface area is 142 Å². The lowest BCUT2D eigenvalue weighted by atomic mass is 10.1. The van der Waals surface area contributed by atoms with E-state index in [0.717, 1.165) is 0 Å². The number of hydrogen-bond acceptors (Lipinski definition) is 4. The summed E-state index contributed by atoms with van der Waals surface area (Å²) in [6, 6.07) is 10.0. The number of aromatic nitrogens is 1. The van der Waals surface area contributed by atoms with Gasteiger partial charge in [-0.05, 0) is 60.3 Å². The van der Waals surface area contributed by atoms with Gasteiger partial charge in [-0.2, -0.15) is 0 Å². The van der Waals surface area contributed by atoms with Crippen molar-refractivity contribution in [3.63, 3.8) is 0 Å². The Bertz CT molecular complexity index is 819. The van der Waals surface area contributed by atoms with Crippen molar-refractivity contribution < 1.29 is 9.59 Å². The summed E-state index contributed by atoms with van der Waals surface area (Å²) in [7, 11) is 0. The Hall–Kier alpha value is -2.57. The van der Waals surface area contributed by atoms with Gasteiger partial charge in [0.25, 0.3) is 11.8 Å². The molecule has 2 aromatic rings. The topological polar surface area (TPSA) is 62.3 Å². The number of halogens is 1. The van der Waals surface area contributed by atoms with Gasteiger partial charge < -0.3 is 0 Å². The third-order valence-corrected chi connectivity index (χ3v) is 3.74. The molecule has 0 atom stereocenters. The van der Waals surface area contributed by atoms with Gasteiger partial charge >= 0.3 is 0 Å². The first-order chi connectivity index (χ1) is 11.1. The fourth-order valence-electron chi connectivity index (χ4n) is 2.11. The summed E-state index contributed by atoms with van der Waals surface area (Å²) in [5.74, 6) is -1.01. The zero-order valence-corrected chi connectivity index (χ0v) is 13.3. The number of pyridine rings is 1. The standard InChI is InChI=1S/C16H10ClN3O2S/c17-11-1-3-12(4-2-11)20-15(22)13(14(21)19-16(20)23)9-10-5-7-18-8-6-10/h1-9H,(H,19,21,23). The molecular weight excluding hydrogens is 334 g/mol. The molecular formula is C16H10ClN3O2S. The van der Waals surface area contributed by atoms with Crippen molar-refractivity contribution in [2.24, 2.45) is 0 Å². The van der Waals surface area contributed by atoms with Gasteiger partial charge in [0.2, 0.25) is 0 Å². The second-order valence-corrected chi connectivity index (χ2v) is 5.54. The van der Waals surface area contributed by atoms with Crippen LogP contribution in [0.4, 0.5) is 5.69 Å². The number of anilines is 1. The molecule has 114 valence electrons. The molecule has 1 saturated heterocycles. The molecule has 23 heavy (non-hydrogen) atoms. The highest BCUT2D eigenvalue weighted by Gasteiger charge is 2.34. The molecule has 3 rings (SSSR count). The van der Waals surface area contributed by atoms with E-state index in [1.54, 1.807) is 48.8 Å². The van der Waals surface area contributed by atoms with Crippen LogP contribution in [0.1, 0.15) is 5.56 Å². The molecule has 1 aromatic heterocycles. The van der Waals surface area contributed by atoms with Gasteiger partial charge in [0, 0.05) is 17.4 Å². The molecule has 5 nitrogen and oxygen atoms in total. The number of carbonyl (C=O) groups is 2. The number of benzene rings is 1. The van der Waals surface area contributed by atoms with E-state index in [2.05, 4.69) is 10.3 Å². The minimum absolute atomic E-state index is 0.000231. The van der Waals surface area contributed by atoms with Gasteiger partial charge in [-0.1, -0.05) is 11.6 Å². The predicted octanol–water partition coefficient (Wildman–Crippen LogP) is 2.57. The molecule has 0 aliphatic carbocycles. The van der Waals surface area contributed by atoms with Gasteiger partial charge in [-0.3, -0.25) is 24.8 Å². The lowest BCUT2D eigenvalue weighted by Crippen LogP contribution is -2.54. The molecule has 0 spiro atoms. The van der Waals surface area contributed by atoms with Crippen LogP contribution in [0.2, 0.25) is 5.02 Å². The third kappa shape index (κ3) is 3.13. The Kier molecular flexibility index (Phi) is 4.18. The average molecular weight is 344 g/mol. The van der Waals surface area contributed by atoms with E-state index in [4.69, 9.17) is 23.8 Å². The number of carbonyl (C=O) groups excluding carboxylic acids is 2. The number of thiocarbonyl (C=S) groups is 1. The van der Waals surface area contributed by atoms with Gasteiger partial charge in [-0.25, -0.2) is 0 Å². The summed E-state index contributed by atoms with van der Waals surface area (Å²) in [5, 5.41) is 3.10. The Morgan fingerprint density at radius 2 is 1.74 bits per heavy atom. The van der Waals surface area contributed by atoms with Crippen LogP contribution in [0, 0.1) is 0 Å². The van der Waals surface area contributed by atoms with Gasteiger partial charge in [0.1, 0.15) is 5.57 Å². The summed E-state index contributed by atoms with van der Waals surface area (Å²) >= 11 is 11.0. The maximum atomic E-state index is 12.7. The summed E-state index contributed by atoms with van der Waals surface area (Å²) in [4.78, 5) is 30.0. The Morgan fingerprint density at radius 3 is 2.39 bits per heavy atom. The predicted molar refractivity (Wildman–Crippen MR) is 91.9 cm³/mol. The molecule has 1 aliphatic rings. The molecule has 7 heteroatoms. The minimum Gasteiger partial charge on any atom is -0.298 e. The smallest absolute Gasteiger partial charge is 0.270 e. The molecule has 0 radical (unpaired) electrons. The van der Waals surface area contributed by atoms with Crippen LogP contribution in [0.15, 0.2) is 54.4 Å². The summed E-state index contributed by atoms with van der Waals surface area (Å²) < 4.78 is 0. The minimum atomic E-state index is -0.526. The molecule has 0 unspecified atom stereocenters. The van der Waals surface area contributed by atoms with Crippen LogP contribution < -0.4 is 10.2 Å². The molecule has 0 saturated carbocycles. The van der Waals surface area contributed by atoms with Crippen LogP contribution in [0.25, 0.3) is 6.08 Å². The largest absolute Gasteiger partial charge is 0.298 e. The second kappa shape index (κ2) is 6.28. The van der Waals surface area contributed by atoms with E-state index < -0.39 is 11.8 Å². The number of rotatable bonds is 2. The van der Waals surface area contributed by atoms with Crippen LogP contribution >= 0.6 is 23.8 Å². The molecule has 0 bridgehead atoms. The molecule has 1 aromatic carbocycles. The van der Waals surface area contributed by atoms with Gasteiger partial charge in [0.05, 0.1) is 5.69 Å². The van der Waals surface area contributed by atoms with Crippen LogP contribution in [0.3, 0.4) is 0 Å². The van der Waals surface area contributed by atoms with E-state index in [1.165, 1.54) is 11.0 Å². The molecule has 1 N–H and O–H groups in total. The SMILES string of the molecule is O=C1NC(=S)N(c2ccc(Cl)cc2)C(=O)C1=Cc1ccncc1. The number of hydrogen-bond donors (Lipinski definition) is 1. The highest BCUT2D eigenvalue weighted by Crippen LogP contribution is 2.23. The first-order valence-electron chi connectivity index (χ1n) is 6.63. The van der Waals surface area contributed by atoms with Crippen molar-refractivity contribution in [3.05, 3.63) is 65.0 Å². The summed E-state index contributed by atoms with van der Waals surface area (Å²) in [6.45, 7) is 0. The van der Waals surface area contributed by atoms with Crippen LogP contribution in [-0.2, 0) is 9.59 Å². The first-order valence-corrected chi connectivity index (χ1v) is 7.42. The highest BCUT2D eigenvalue weighted by molar-refractivity contribution is 7.80. The van der Waals surface area contributed by atoms with E-state index in [0.29, 0.717) is 16.3 Å². The fraction of sp³-hybridized carbons (Fsp3) is 0. The zero-order chi connectivity index (χ0) is 16.4. The number of amides is 2. The lowest BCUT2D eigenvalue weighted by molar-refractivity contribution is -0.122. The first kappa shape index (κ1) is 15.3. The van der Waals surface area contributed by atoms with Crippen LogP contribution in [0.5, 0.6) is 0 Å². The Balaban J connectivity index is 2.01. The molecule has 2 heterocycles. The second-order valence-electron chi connectivity index (χ2n) is 4.71. The summed E-state index contributed by atoms with van der Waals surface area (Å²) in [6.07, 6.45) is 4.67. The van der Waals surface area contributed by atoms with Crippen molar-refractivity contribution >= 4 is 52.5 Å². The number of nitrogens with one attached hydrogen (secondary N) is 1. The zero-order valence-electron chi connectivity index (χ0n) is 11.7. The summed E-state index contributed by atoms with van der Waals surface area (Å²) in [5.41, 5.74) is 1.23. The number of nitrogens with zero attached hydrogens (tertiary/aromatic N) is 2. The third-order valence-electron chi connectivity index (χ3n) is 3.20. The quantitative estimate of drug-likeness (QED) is 0.517. The lowest BCUT2D eigenvalue weighted by Gasteiger charge is -2.28. The maximum absolute atomic E-state index is 12.7. The molecule has 1 aliphatic heterocycles. The normalized spacial score (nSPS) is 16.7. The van der Waals surface area contributed by atoms with Crippen molar-refractivity contribution in [3.8, 4) is 0 Å². The van der Waals surface area contributed by atoms with Crippen molar-refractivity contribution in [1.29, 1.82) is 0 Å².